The van der Waals surface area contributed by atoms with Crippen LogP contribution >= 0.6 is 11.3 Å². The molecule has 0 aliphatic heterocycles. The minimum absolute atomic E-state index is 0.0512. The molecule has 0 saturated heterocycles. The van der Waals surface area contributed by atoms with E-state index < -0.39 is 0 Å². The molecule has 0 fully saturated rings. The quantitative estimate of drug-likeness (QED) is 0.876. The van der Waals surface area contributed by atoms with E-state index >= 15 is 0 Å². The van der Waals surface area contributed by atoms with Crippen molar-refractivity contribution in [1.29, 1.82) is 0 Å². The second kappa shape index (κ2) is 6.67. The molecule has 1 aromatic heterocycles. The molecule has 21 heavy (non-hydrogen) atoms. The molecule has 0 aliphatic carbocycles. The predicted octanol–water partition coefficient (Wildman–Crippen LogP) is 4.55. The number of aryl methyl sites for hydroxylation is 3. The van der Waals surface area contributed by atoms with Crippen molar-refractivity contribution in [2.75, 3.05) is 0 Å². The number of rotatable bonds is 5. The number of nitrogens with zero attached hydrogens (tertiary/aromatic N) is 1. The predicted molar refractivity (Wildman–Crippen MR) is 87.5 cm³/mol. The topological polar surface area (TPSA) is 24.9 Å². The van der Waals surface area contributed by atoms with Crippen LogP contribution in [-0.2, 0) is 6.42 Å². The van der Waals surface area contributed by atoms with Gasteiger partial charge in [0.1, 0.15) is 10.8 Å². The number of hydrogen-bond acceptors (Lipinski definition) is 3. The second-order valence-corrected chi connectivity index (χ2v) is 6.90. The number of thiazole rings is 1. The highest BCUT2D eigenvalue weighted by Crippen LogP contribution is 2.31. The first-order chi connectivity index (χ1) is 9.92. The fourth-order valence-electron chi connectivity index (χ4n) is 2.45. The molecular weight excluding hydrogens is 283 g/mol. The lowest BCUT2D eigenvalue weighted by Crippen LogP contribution is -2.29. The van der Waals surface area contributed by atoms with Crippen LogP contribution in [0.3, 0.4) is 0 Å². The van der Waals surface area contributed by atoms with Gasteiger partial charge in [-0.05, 0) is 57.4 Å². The fourth-order valence-corrected chi connectivity index (χ4v) is 3.54. The molecule has 2 aromatic rings. The van der Waals surface area contributed by atoms with Gasteiger partial charge in [-0.1, -0.05) is 13.0 Å². The van der Waals surface area contributed by atoms with Crippen molar-refractivity contribution in [3.05, 3.63) is 50.7 Å². The first-order valence-corrected chi connectivity index (χ1v) is 8.22. The van der Waals surface area contributed by atoms with E-state index in [4.69, 9.17) is 4.98 Å². The van der Waals surface area contributed by atoms with Crippen molar-refractivity contribution in [2.24, 2.45) is 0 Å². The van der Waals surface area contributed by atoms with Crippen molar-refractivity contribution in [3.63, 3.8) is 0 Å². The maximum Gasteiger partial charge on any atom is 0.123 e. The molecular formula is C17H23FN2S. The Kier molecular flexibility index (Phi) is 5.12. The van der Waals surface area contributed by atoms with Gasteiger partial charge in [0.15, 0.2) is 0 Å². The van der Waals surface area contributed by atoms with Crippen molar-refractivity contribution in [1.82, 2.24) is 10.3 Å². The van der Waals surface area contributed by atoms with Gasteiger partial charge in [0.2, 0.25) is 0 Å². The normalized spacial score (nSPS) is 12.9. The molecule has 4 heteroatoms. The molecule has 1 aromatic carbocycles. The molecule has 2 rings (SSSR count). The Labute approximate surface area is 130 Å². The first-order valence-electron chi connectivity index (χ1n) is 7.40. The van der Waals surface area contributed by atoms with Crippen LogP contribution in [0.25, 0.3) is 0 Å². The lowest BCUT2D eigenvalue weighted by molar-refractivity contribution is 0.521. The van der Waals surface area contributed by atoms with E-state index in [9.17, 15) is 4.39 Å². The van der Waals surface area contributed by atoms with Gasteiger partial charge in [-0.25, -0.2) is 9.37 Å². The highest BCUT2D eigenvalue weighted by Gasteiger charge is 2.22. The third-order valence-electron chi connectivity index (χ3n) is 3.54. The second-order valence-electron chi connectivity index (χ2n) is 5.66. The smallest absolute Gasteiger partial charge is 0.123 e. The third-order valence-corrected chi connectivity index (χ3v) is 4.62. The molecule has 1 N–H and O–H groups in total. The van der Waals surface area contributed by atoms with Gasteiger partial charge >= 0.3 is 0 Å². The van der Waals surface area contributed by atoms with Crippen LogP contribution < -0.4 is 5.32 Å². The summed E-state index contributed by atoms with van der Waals surface area (Å²) in [5.74, 6) is -0.199. The minimum atomic E-state index is -0.199. The highest BCUT2D eigenvalue weighted by atomic mass is 32.1. The molecule has 2 nitrogen and oxygen atoms in total. The van der Waals surface area contributed by atoms with Crippen LogP contribution in [0.15, 0.2) is 18.2 Å². The van der Waals surface area contributed by atoms with Crippen LogP contribution in [0.4, 0.5) is 4.39 Å². The third kappa shape index (κ3) is 3.69. The van der Waals surface area contributed by atoms with E-state index in [1.807, 2.05) is 13.0 Å². The lowest BCUT2D eigenvalue weighted by Gasteiger charge is -2.21. The number of nitrogens with one attached hydrogen (secondary N) is 1. The molecule has 0 spiro atoms. The van der Waals surface area contributed by atoms with Crippen LogP contribution in [-0.4, -0.2) is 11.0 Å². The zero-order chi connectivity index (χ0) is 15.6. The summed E-state index contributed by atoms with van der Waals surface area (Å²) in [6.07, 6.45) is 0.929. The Morgan fingerprint density at radius 2 is 2.00 bits per heavy atom. The summed E-state index contributed by atoms with van der Waals surface area (Å²) in [6, 6.07) is 5.21. The van der Waals surface area contributed by atoms with E-state index in [0.717, 1.165) is 28.2 Å². The standard InChI is InChI=1S/C17H23FN2S/c1-6-15-12(5)21-17(20-15)16(19-10(2)3)14-9-13(18)8-7-11(14)4/h7-10,16,19H,6H2,1-5H3. The molecule has 1 unspecified atom stereocenters. The Hall–Kier alpha value is -1.26. The Bertz CT molecular complexity index is 619. The highest BCUT2D eigenvalue weighted by molar-refractivity contribution is 7.11. The molecule has 0 amide bonds. The van der Waals surface area contributed by atoms with Crippen molar-refractivity contribution in [3.8, 4) is 0 Å². The number of benzene rings is 1. The maximum atomic E-state index is 13.7. The van der Waals surface area contributed by atoms with Gasteiger partial charge in [0, 0.05) is 10.9 Å². The summed E-state index contributed by atoms with van der Waals surface area (Å²) < 4.78 is 13.7. The number of hydrogen-bond donors (Lipinski definition) is 1. The van der Waals surface area contributed by atoms with Gasteiger partial charge in [-0.15, -0.1) is 11.3 Å². The van der Waals surface area contributed by atoms with Crippen molar-refractivity contribution < 1.29 is 4.39 Å². The molecule has 0 saturated carbocycles. The summed E-state index contributed by atoms with van der Waals surface area (Å²) in [4.78, 5) is 6.01. The van der Waals surface area contributed by atoms with E-state index in [-0.39, 0.29) is 11.9 Å². The largest absolute Gasteiger partial charge is 0.302 e. The van der Waals surface area contributed by atoms with Gasteiger partial charge in [0.25, 0.3) is 0 Å². The van der Waals surface area contributed by atoms with Gasteiger partial charge in [0.05, 0.1) is 11.7 Å². The van der Waals surface area contributed by atoms with Gasteiger partial charge < -0.3 is 5.32 Å². The molecule has 0 aliphatic rings. The Morgan fingerprint density at radius 3 is 2.57 bits per heavy atom. The molecule has 0 bridgehead atoms. The Morgan fingerprint density at radius 1 is 1.29 bits per heavy atom. The van der Waals surface area contributed by atoms with Crippen molar-refractivity contribution >= 4 is 11.3 Å². The zero-order valence-corrected chi connectivity index (χ0v) is 14.1. The summed E-state index contributed by atoms with van der Waals surface area (Å²) in [5, 5.41) is 4.55. The van der Waals surface area contributed by atoms with Crippen LogP contribution in [0.1, 0.15) is 53.5 Å². The van der Waals surface area contributed by atoms with Crippen LogP contribution in [0.5, 0.6) is 0 Å². The minimum Gasteiger partial charge on any atom is -0.302 e. The van der Waals surface area contributed by atoms with Gasteiger partial charge in [-0.3, -0.25) is 0 Å². The lowest BCUT2D eigenvalue weighted by atomic mass is 10.0. The van der Waals surface area contributed by atoms with E-state index in [1.54, 1.807) is 17.4 Å². The monoisotopic (exact) mass is 306 g/mol. The van der Waals surface area contributed by atoms with E-state index in [1.165, 1.54) is 10.9 Å². The fraction of sp³-hybridized carbons (Fsp3) is 0.471. The summed E-state index contributed by atoms with van der Waals surface area (Å²) in [6.45, 7) is 10.4. The van der Waals surface area contributed by atoms with Crippen LogP contribution in [0.2, 0.25) is 0 Å². The zero-order valence-electron chi connectivity index (χ0n) is 13.3. The summed E-state index contributed by atoms with van der Waals surface area (Å²) in [7, 11) is 0. The summed E-state index contributed by atoms with van der Waals surface area (Å²) in [5.41, 5.74) is 3.19. The maximum absolute atomic E-state index is 13.7. The van der Waals surface area contributed by atoms with E-state index in [0.29, 0.717) is 6.04 Å². The molecule has 0 radical (unpaired) electrons. The number of aromatic nitrogens is 1. The molecule has 114 valence electrons. The molecule has 1 heterocycles. The van der Waals surface area contributed by atoms with Crippen LogP contribution in [0, 0.1) is 19.7 Å². The SMILES string of the molecule is CCc1nc(C(NC(C)C)c2cc(F)ccc2C)sc1C. The average molecular weight is 306 g/mol. The summed E-state index contributed by atoms with van der Waals surface area (Å²) >= 11 is 1.70. The Balaban J connectivity index is 2.49. The van der Waals surface area contributed by atoms with Crippen molar-refractivity contribution in [2.45, 2.75) is 53.1 Å². The number of halogens is 1. The van der Waals surface area contributed by atoms with E-state index in [2.05, 4.69) is 33.0 Å². The molecule has 1 atom stereocenters. The first kappa shape index (κ1) is 16.1. The average Bonchev–Trinajstić information content (AvgIpc) is 2.80. The van der Waals surface area contributed by atoms with Gasteiger partial charge in [-0.2, -0.15) is 0 Å².